The largest absolute Gasteiger partial charge is 0.760 e. The predicted octanol–water partition coefficient (Wildman–Crippen LogP) is -1.04. The molecular weight excluding hydrogens is 388 g/mol. The number of nitrogens with one attached hydrogen (secondary N) is 3. The Bertz CT molecular complexity index is 584. The van der Waals surface area contributed by atoms with Gasteiger partial charge in [-0.25, -0.2) is 4.72 Å². The van der Waals surface area contributed by atoms with Gasteiger partial charge in [-0.2, -0.15) is 0 Å². The number of aliphatic carboxylic acids is 1. The average Bonchev–Trinajstić information content (AvgIpc) is 2.69. The molecule has 10 nitrogen and oxygen atoms in total. The van der Waals surface area contributed by atoms with Crippen LogP contribution in [-0.4, -0.2) is 75.3 Å². The van der Waals surface area contributed by atoms with Crippen LogP contribution in [0.1, 0.15) is 38.5 Å². The van der Waals surface area contributed by atoms with E-state index in [9.17, 15) is 23.1 Å². The molecule has 2 aliphatic heterocycles. The third-order valence-corrected chi connectivity index (χ3v) is 5.86. The van der Waals surface area contributed by atoms with E-state index in [2.05, 4.69) is 10.6 Å². The Morgan fingerprint density at radius 2 is 1.96 bits per heavy atom. The fourth-order valence-corrected chi connectivity index (χ4v) is 4.13. The summed E-state index contributed by atoms with van der Waals surface area (Å²) in [6.45, 7) is 2.59. The molecule has 2 rings (SSSR count). The Morgan fingerprint density at radius 1 is 1.25 bits per heavy atom. The first-order valence-corrected chi connectivity index (χ1v) is 10.8. The number of amides is 2. The van der Waals surface area contributed by atoms with Crippen molar-refractivity contribution < 1.29 is 28.3 Å². The summed E-state index contributed by atoms with van der Waals surface area (Å²) in [7, 11) is 0. The second-order valence-corrected chi connectivity index (χ2v) is 8.10. The van der Waals surface area contributed by atoms with Gasteiger partial charge in [-0.3, -0.25) is 18.6 Å². The van der Waals surface area contributed by atoms with Crippen molar-refractivity contribution >= 4 is 29.1 Å². The number of hydrogen-bond acceptors (Lipinski definition) is 6. The summed E-state index contributed by atoms with van der Waals surface area (Å²) >= 11 is -2.74. The second kappa shape index (κ2) is 11.4. The SMILES string of the molecule is O=C(NCC(NS(=O)[O-])C(=O)O)C1CCCN(C(=O)CCC2CCNCC2)C1. The normalized spacial score (nSPS) is 23.0. The van der Waals surface area contributed by atoms with Gasteiger partial charge in [-0.15, -0.1) is 0 Å². The van der Waals surface area contributed by atoms with Gasteiger partial charge in [0.15, 0.2) is 0 Å². The van der Waals surface area contributed by atoms with Crippen molar-refractivity contribution in [1.82, 2.24) is 20.3 Å². The Morgan fingerprint density at radius 3 is 2.61 bits per heavy atom. The lowest BCUT2D eigenvalue weighted by Gasteiger charge is -2.33. The van der Waals surface area contributed by atoms with E-state index >= 15 is 0 Å². The summed E-state index contributed by atoms with van der Waals surface area (Å²) in [5, 5.41) is 14.8. The second-order valence-electron chi connectivity index (χ2n) is 7.40. The first-order chi connectivity index (χ1) is 13.4. The number of likely N-dealkylation sites (tertiary alicyclic amines) is 1. The minimum Gasteiger partial charge on any atom is -0.760 e. The first-order valence-electron chi connectivity index (χ1n) is 9.71. The molecule has 0 aliphatic carbocycles. The molecular formula is C17H29N4O6S-. The zero-order valence-corrected chi connectivity index (χ0v) is 16.7. The van der Waals surface area contributed by atoms with Crippen molar-refractivity contribution in [2.75, 3.05) is 32.7 Å². The van der Waals surface area contributed by atoms with Gasteiger partial charge in [-0.1, -0.05) is 0 Å². The molecule has 0 aromatic heterocycles. The number of piperidine rings is 2. The van der Waals surface area contributed by atoms with Crippen LogP contribution in [0.5, 0.6) is 0 Å². The number of carbonyl (C=O) groups excluding carboxylic acids is 2. The third-order valence-electron chi connectivity index (χ3n) is 5.39. The highest BCUT2D eigenvalue weighted by Gasteiger charge is 2.29. The van der Waals surface area contributed by atoms with Crippen molar-refractivity contribution in [2.45, 2.75) is 44.6 Å². The van der Waals surface area contributed by atoms with Crippen molar-refractivity contribution in [3.63, 3.8) is 0 Å². The van der Waals surface area contributed by atoms with Gasteiger partial charge >= 0.3 is 5.97 Å². The van der Waals surface area contributed by atoms with Crippen LogP contribution in [0.2, 0.25) is 0 Å². The van der Waals surface area contributed by atoms with E-state index in [1.54, 1.807) is 4.90 Å². The first kappa shape index (κ1) is 22.7. The smallest absolute Gasteiger partial charge is 0.323 e. The Labute approximate surface area is 167 Å². The van der Waals surface area contributed by atoms with Crippen molar-refractivity contribution in [3.05, 3.63) is 0 Å². The van der Waals surface area contributed by atoms with Gasteiger partial charge < -0.3 is 25.2 Å². The summed E-state index contributed by atoms with van der Waals surface area (Å²) in [5.41, 5.74) is 0. The zero-order chi connectivity index (χ0) is 20.5. The van der Waals surface area contributed by atoms with Crippen molar-refractivity contribution in [1.29, 1.82) is 0 Å². The highest BCUT2D eigenvalue weighted by molar-refractivity contribution is 7.77. The lowest BCUT2D eigenvalue weighted by Crippen LogP contribution is -2.50. The van der Waals surface area contributed by atoms with Gasteiger partial charge in [0.1, 0.15) is 6.04 Å². The molecule has 0 aromatic rings. The van der Waals surface area contributed by atoms with E-state index in [0.717, 1.165) is 32.4 Å². The van der Waals surface area contributed by atoms with Crippen LogP contribution in [-0.2, 0) is 25.7 Å². The summed E-state index contributed by atoms with van der Waals surface area (Å²) in [6.07, 6.45) is 4.85. The molecule has 28 heavy (non-hydrogen) atoms. The minimum atomic E-state index is -2.74. The maximum absolute atomic E-state index is 12.5. The molecule has 0 aromatic carbocycles. The van der Waals surface area contributed by atoms with Crippen LogP contribution in [0, 0.1) is 11.8 Å². The fourth-order valence-electron chi connectivity index (χ4n) is 3.72. The summed E-state index contributed by atoms with van der Waals surface area (Å²) in [6, 6.07) is -1.42. The maximum Gasteiger partial charge on any atom is 0.323 e. The molecule has 2 saturated heterocycles. The summed E-state index contributed by atoms with van der Waals surface area (Å²) in [4.78, 5) is 37.6. The molecule has 0 radical (unpaired) electrons. The number of carboxylic acid groups (broad SMARTS) is 1. The summed E-state index contributed by atoms with van der Waals surface area (Å²) in [5.74, 6) is -1.52. The average molecular weight is 418 g/mol. The van der Waals surface area contributed by atoms with Gasteiger partial charge in [0.2, 0.25) is 11.8 Å². The predicted molar refractivity (Wildman–Crippen MR) is 101 cm³/mol. The van der Waals surface area contributed by atoms with Gasteiger partial charge in [0.25, 0.3) is 0 Å². The van der Waals surface area contributed by atoms with E-state index in [1.807, 2.05) is 4.72 Å². The zero-order valence-electron chi connectivity index (χ0n) is 15.9. The molecule has 4 N–H and O–H groups in total. The van der Waals surface area contributed by atoms with Crippen LogP contribution in [0.4, 0.5) is 0 Å². The van der Waals surface area contributed by atoms with Gasteiger partial charge in [-0.05, 0) is 51.1 Å². The molecule has 160 valence electrons. The molecule has 0 bridgehead atoms. The number of hydrogen-bond donors (Lipinski definition) is 4. The van der Waals surface area contributed by atoms with Gasteiger partial charge in [0.05, 0.1) is 5.92 Å². The topological polar surface area (TPSA) is 151 Å². The van der Waals surface area contributed by atoms with Crippen molar-refractivity contribution in [2.24, 2.45) is 11.8 Å². The number of carbonyl (C=O) groups is 3. The lowest BCUT2D eigenvalue weighted by atomic mass is 9.92. The minimum absolute atomic E-state index is 0.0582. The van der Waals surface area contributed by atoms with E-state index in [-0.39, 0.29) is 18.4 Å². The van der Waals surface area contributed by atoms with Crippen LogP contribution < -0.4 is 15.4 Å². The van der Waals surface area contributed by atoms with E-state index in [4.69, 9.17) is 5.11 Å². The number of carboxylic acids is 1. The monoisotopic (exact) mass is 417 g/mol. The van der Waals surface area contributed by atoms with E-state index < -0.39 is 29.2 Å². The Balaban J connectivity index is 1.77. The van der Waals surface area contributed by atoms with E-state index in [0.29, 0.717) is 38.3 Å². The Hall–Kier alpha value is -1.56. The fraction of sp³-hybridized carbons (Fsp3) is 0.824. The highest BCUT2D eigenvalue weighted by Crippen LogP contribution is 2.21. The quantitative estimate of drug-likeness (QED) is 0.350. The molecule has 2 fully saturated rings. The molecule has 2 heterocycles. The van der Waals surface area contributed by atoms with Crippen LogP contribution >= 0.6 is 0 Å². The van der Waals surface area contributed by atoms with Crippen LogP contribution in [0.25, 0.3) is 0 Å². The standard InChI is InChI=1S/C17H30N4O6S/c22-15(4-3-12-5-7-18-8-6-12)21-9-1-2-13(11-21)16(23)19-10-14(17(24)25)20-28(26)27/h12-14,18,20H,1-11H2,(H,19,23)(H,24,25)(H,26,27)/p-1. The van der Waals surface area contributed by atoms with Gasteiger partial charge in [0, 0.05) is 37.3 Å². The highest BCUT2D eigenvalue weighted by atomic mass is 32.2. The third kappa shape index (κ3) is 7.46. The molecule has 3 unspecified atom stereocenters. The Kier molecular flexibility index (Phi) is 9.29. The molecule has 0 spiro atoms. The molecule has 11 heteroatoms. The maximum atomic E-state index is 12.5. The van der Waals surface area contributed by atoms with Crippen molar-refractivity contribution in [3.8, 4) is 0 Å². The lowest BCUT2D eigenvalue weighted by molar-refractivity contribution is -0.139. The molecule has 2 aliphatic rings. The van der Waals surface area contributed by atoms with E-state index in [1.165, 1.54) is 0 Å². The molecule has 3 atom stereocenters. The number of nitrogens with zero attached hydrogens (tertiary/aromatic N) is 1. The number of rotatable bonds is 9. The molecule has 0 saturated carbocycles. The molecule has 2 amide bonds. The van der Waals surface area contributed by atoms with Crippen LogP contribution in [0.15, 0.2) is 0 Å². The summed E-state index contributed by atoms with van der Waals surface area (Å²) < 4.78 is 23.1. The van der Waals surface area contributed by atoms with Crippen LogP contribution in [0.3, 0.4) is 0 Å².